The van der Waals surface area contributed by atoms with Gasteiger partial charge in [-0.3, -0.25) is 0 Å². The van der Waals surface area contributed by atoms with E-state index in [2.05, 4.69) is 31.4 Å². The first-order valence-electron chi connectivity index (χ1n) is 5.02. The minimum Gasteiger partial charge on any atom is -0.389 e. The van der Waals surface area contributed by atoms with Crippen LogP contribution in [0, 0.1) is 11.6 Å². The van der Waals surface area contributed by atoms with Crippen molar-refractivity contribution < 1.29 is 8.78 Å². The van der Waals surface area contributed by atoms with E-state index in [0.717, 1.165) is 12.1 Å². The number of anilines is 2. The van der Waals surface area contributed by atoms with Gasteiger partial charge < -0.3 is 11.1 Å². The second-order valence-electron chi connectivity index (χ2n) is 3.53. The molecule has 0 aliphatic carbocycles. The fraction of sp³-hybridized carbons (Fsp3) is 0. The summed E-state index contributed by atoms with van der Waals surface area (Å²) in [5, 5.41) is 10.1. The Bertz CT molecular complexity index is 627. The molecule has 19 heavy (non-hydrogen) atoms. The van der Waals surface area contributed by atoms with Crippen molar-refractivity contribution in [3.63, 3.8) is 0 Å². The lowest BCUT2D eigenvalue weighted by molar-refractivity contribution is 0.584. The van der Waals surface area contributed by atoms with E-state index >= 15 is 0 Å². The highest BCUT2D eigenvalue weighted by Gasteiger charge is 2.13. The van der Waals surface area contributed by atoms with Crippen LogP contribution in [-0.2, 0) is 0 Å². The lowest BCUT2D eigenvalue weighted by Gasteiger charge is -2.11. The van der Waals surface area contributed by atoms with Gasteiger partial charge in [-0.15, -0.1) is 5.10 Å². The summed E-state index contributed by atoms with van der Waals surface area (Å²) in [7, 11) is 0. The molecule has 0 spiro atoms. The normalized spacial score (nSPS) is 10.3. The van der Waals surface area contributed by atoms with Crippen LogP contribution in [0.1, 0.15) is 5.56 Å². The Morgan fingerprint density at radius 2 is 2.11 bits per heavy atom. The van der Waals surface area contributed by atoms with E-state index in [-0.39, 0.29) is 21.0 Å². The maximum absolute atomic E-state index is 13.7. The standard InChI is InChI=1S/C11H7BrF2N4S/c12-7-3-5(13)4-8(14)9(7)17-11-6(10(15)19)1-2-16-18-11/h1-4H,(H2,15,19)(H,17,18). The number of rotatable bonds is 3. The maximum Gasteiger partial charge on any atom is 0.163 e. The Hall–Kier alpha value is -1.67. The topological polar surface area (TPSA) is 63.8 Å². The second kappa shape index (κ2) is 5.54. The van der Waals surface area contributed by atoms with Gasteiger partial charge in [-0.05, 0) is 28.1 Å². The lowest BCUT2D eigenvalue weighted by Crippen LogP contribution is -2.14. The molecule has 0 radical (unpaired) electrons. The number of thiocarbonyl (C=S) groups is 1. The predicted octanol–water partition coefficient (Wildman–Crippen LogP) is 2.90. The zero-order valence-corrected chi connectivity index (χ0v) is 11.7. The van der Waals surface area contributed by atoms with Gasteiger partial charge in [0.2, 0.25) is 0 Å². The Morgan fingerprint density at radius 3 is 2.74 bits per heavy atom. The van der Waals surface area contributed by atoms with Crippen molar-refractivity contribution in [1.82, 2.24) is 10.2 Å². The third-order valence-electron chi connectivity index (χ3n) is 2.24. The van der Waals surface area contributed by atoms with Crippen LogP contribution in [0.2, 0.25) is 0 Å². The van der Waals surface area contributed by atoms with Gasteiger partial charge in [0.05, 0.1) is 17.4 Å². The molecule has 1 aromatic carbocycles. The molecule has 2 aromatic rings. The molecule has 1 aromatic heterocycles. The van der Waals surface area contributed by atoms with Crippen LogP contribution >= 0.6 is 28.1 Å². The summed E-state index contributed by atoms with van der Waals surface area (Å²) >= 11 is 7.92. The number of nitrogens with zero attached hydrogens (tertiary/aromatic N) is 2. The molecule has 98 valence electrons. The van der Waals surface area contributed by atoms with Crippen molar-refractivity contribution >= 4 is 44.6 Å². The van der Waals surface area contributed by atoms with E-state index in [9.17, 15) is 8.78 Å². The molecule has 0 amide bonds. The fourth-order valence-corrected chi connectivity index (χ4v) is 2.07. The Labute approximate surface area is 121 Å². The molecule has 3 N–H and O–H groups in total. The zero-order valence-electron chi connectivity index (χ0n) is 9.32. The molecule has 0 aliphatic rings. The van der Waals surface area contributed by atoms with Gasteiger partial charge in [0.25, 0.3) is 0 Å². The monoisotopic (exact) mass is 344 g/mol. The van der Waals surface area contributed by atoms with Gasteiger partial charge in [0.15, 0.2) is 11.6 Å². The molecule has 4 nitrogen and oxygen atoms in total. The molecule has 0 saturated carbocycles. The molecule has 0 saturated heterocycles. The van der Waals surface area contributed by atoms with E-state index in [0.29, 0.717) is 5.56 Å². The highest BCUT2D eigenvalue weighted by Crippen LogP contribution is 2.29. The number of benzene rings is 1. The number of aromatic nitrogens is 2. The number of halogens is 3. The van der Waals surface area contributed by atoms with Crippen LogP contribution in [0.15, 0.2) is 28.9 Å². The van der Waals surface area contributed by atoms with Crippen molar-refractivity contribution in [3.05, 3.63) is 46.1 Å². The summed E-state index contributed by atoms with van der Waals surface area (Å²) in [5.41, 5.74) is 5.97. The number of nitrogens with one attached hydrogen (secondary N) is 1. The third kappa shape index (κ3) is 3.02. The molecule has 1 heterocycles. The molecular weight excluding hydrogens is 338 g/mol. The first-order chi connectivity index (χ1) is 8.99. The highest BCUT2D eigenvalue weighted by molar-refractivity contribution is 9.10. The van der Waals surface area contributed by atoms with Crippen LogP contribution in [0.25, 0.3) is 0 Å². The number of nitrogens with two attached hydrogens (primary N) is 1. The summed E-state index contributed by atoms with van der Waals surface area (Å²) in [6, 6.07) is 3.43. The highest BCUT2D eigenvalue weighted by atomic mass is 79.9. The third-order valence-corrected chi connectivity index (χ3v) is 3.08. The molecule has 0 bridgehead atoms. The van der Waals surface area contributed by atoms with Crippen molar-refractivity contribution in [1.29, 1.82) is 0 Å². The van der Waals surface area contributed by atoms with Gasteiger partial charge in [0, 0.05) is 10.5 Å². The van der Waals surface area contributed by atoms with Crippen LogP contribution in [-0.4, -0.2) is 15.2 Å². The van der Waals surface area contributed by atoms with Crippen molar-refractivity contribution in [2.45, 2.75) is 0 Å². The van der Waals surface area contributed by atoms with E-state index < -0.39 is 11.6 Å². The minimum atomic E-state index is -0.772. The van der Waals surface area contributed by atoms with Gasteiger partial charge >= 0.3 is 0 Å². The second-order valence-corrected chi connectivity index (χ2v) is 4.82. The quantitative estimate of drug-likeness (QED) is 0.838. The average molecular weight is 345 g/mol. The smallest absolute Gasteiger partial charge is 0.163 e. The zero-order chi connectivity index (χ0) is 14.0. The summed E-state index contributed by atoms with van der Waals surface area (Å²) in [6.07, 6.45) is 1.41. The Kier molecular flexibility index (Phi) is 4.01. The van der Waals surface area contributed by atoms with Crippen molar-refractivity contribution in [2.24, 2.45) is 5.73 Å². The summed E-state index contributed by atoms with van der Waals surface area (Å²) < 4.78 is 26.9. The first-order valence-corrected chi connectivity index (χ1v) is 6.22. The van der Waals surface area contributed by atoms with E-state index in [1.165, 1.54) is 6.20 Å². The first kappa shape index (κ1) is 13.8. The average Bonchev–Trinajstić information content (AvgIpc) is 2.34. The van der Waals surface area contributed by atoms with Crippen LogP contribution < -0.4 is 11.1 Å². The maximum atomic E-state index is 13.7. The molecule has 8 heteroatoms. The summed E-state index contributed by atoms with van der Waals surface area (Å²) in [5.74, 6) is -1.27. The van der Waals surface area contributed by atoms with Crippen molar-refractivity contribution in [2.75, 3.05) is 5.32 Å². The van der Waals surface area contributed by atoms with Crippen molar-refractivity contribution in [3.8, 4) is 0 Å². The van der Waals surface area contributed by atoms with Gasteiger partial charge in [0.1, 0.15) is 10.8 Å². The van der Waals surface area contributed by atoms with Crippen LogP contribution in [0.4, 0.5) is 20.3 Å². The fourth-order valence-electron chi connectivity index (χ4n) is 1.40. The number of hydrogen-bond acceptors (Lipinski definition) is 4. The van der Waals surface area contributed by atoms with E-state index in [1.807, 2.05) is 0 Å². The Balaban J connectivity index is 2.45. The van der Waals surface area contributed by atoms with Gasteiger partial charge in [-0.1, -0.05) is 12.2 Å². The van der Waals surface area contributed by atoms with Gasteiger partial charge in [-0.2, -0.15) is 5.10 Å². The SMILES string of the molecule is NC(=S)c1ccnnc1Nc1c(F)cc(F)cc1Br. The molecule has 2 rings (SSSR count). The number of hydrogen-bond donors (Lipinski definition) is 2. The molecule has 0 aliphatic heterocycles. The summed E-state index contributed by atoms with van der Waals surface area (Å²) in [4.78, 5) is 0.0936. The van der Waals surface area contributed by atoms with E-state index in [4.69, 9.17) is 18.0 Å². The molecule has 0 fully saturated rings. The van der Waals surface area contributed by atoms with Gasteiger partial charge in [-0.25, -0.2) is 8.78 Å². The summed E-state index contributed by atoms with van der Waals surface area (Å²) in [6.45, 7) is 0. The van der Waals surface area contributed by atoms with Crippen LogP contribution in [0.3, 0.4) is 0 Å². The largest absolute Gasteiger partial charge is 0.389 e. The lowest BCUT2D eigenvalue weighted by atomic mass is 10.2. The Morgan fingerprint density at radius 1 is 1.37 bits per heavy atom. The van der Waals surface area contributed by atoms with Crippen LogP contribution in [0.5, 0.6) is 0 Å². The molecule has 0 atom stereocenters. The minimum absolute atomic E-state index is 0.0272. The molecular formula is C11H7BrF2N4S. The predicted molar refractivity (Wildman–Crippen MR) is 75.3 cm³/mol. The van der Waals surface area contributed by atoms with E-state index in [1.54, 1.807) is 6.07 Å². The molecule has 0 unspecified atom stereocenters.